The van der Waals surface area contributed by atoms with Gasteiger partial charge in [0.25, 0.3) is 11.4 Å². The Morgan fingerprint density at radius 3 is 2.61 bits per heavy atom. The Bertz CT molecular complexity index is 1530. The average molecular weight is 507 g/mol. The van der Waals surface area contributed by atoms with Crippen molar-refractivity contribution in [2.45, 2.75) is 26.3 Å². The maximum absolute atomic E-state index is 12.5. The molecule has 1 saturated heterocycles. The van der Waals surface area contributed by atoms with Crippen molar-refractivity contribution in [3.05, 3.63) is 82.8 Å². The maximum Gasteiger partial charge on any atom is 0.258 e. The molecular formula is C26H26N4O5S. The molecule has 5 rings (SSSR count). The largest absolute Gasteiger partial charge is 0.494 e. The summed E-state index contributed by atoms with van der Waals surface area (Å²) < 4.78 is 38.5. The highest BCUT2D eigenvalue weighted by molar-refractivity contribution is 7.93. The second-order valence-corrected chi connectivity index (χ2v) is 10.6. The third-order valence-electron chi connectivity index (χ3n) is 5.89. The molecule has 10 heteroatoms. The van der Waals surface area contributed by atoms with E-state index in [1.807, 2.05) is 24.3 Å². The number of ether oxygens (including phenoxy) is 1. The van der Waals surface area contributed by atoms with Gasteiger partial charge in [0.05, 0.1) is 24.6 Å². The van der Waals surface area contributed by atoms with E-state index in [1.54, 1.807) is 41.1 Å². The number of nitrogens with zero attached hydrogens (tertiary/aromatic N) is 4. The fraction of sp³-hybridized carbons (Fsp3) is 0.269. The fourth-order valence-corrected chi connectivity index (χ4v) is 5.66. The van der Waals surface area contributed by atoms with Gasteiger partial charge in [-0.05, 0) is 60.9 Å². The van der Waals surface area contributed by atoms with Crippen LogP contribution in [0.3, 0.4) is 0 Å². The van der Waals surface area contributed by atoms with Crippen molar-refractivity contribution in [3.63, 3.8) is 0 Å². The van der Waals surface area contributed by atoms with E-state index in [0.717, 1.165) is 17.7 Å². The molecule has 186 valence electrons. The van der Waals surface area contributed by atoms with Crippen LogP contribution in [-0.4, -0.2) is 42.0 Å². The molecule has 0 radical (unpaired) electrons. The van der Waals surface area contributed by atoms with Gasteiger partial charge in [-0.15, -0.1) is 0 Å². The molecule has 1 fully saturated rings. The SMILES string of the molecule is CCCOc1cccc(Cn2cc(-c3noc(-c4ccc(N5CCCS5(=O)=O)cc4)n3)ccc2=O)c1. The summed E-state index contributed by atoms with van der Waals surface area (Å²) in [6.45, 7) is 3.55. The normalized spacial score (nSPS) is 14.8. The monoisotopic (exact) mass is 506 g/mol. The van der Waals surface area contributed by atoms with E-state index < -0.39 is 10.0 Å². The molecule has 1 aliphatic rings. The van der Waals surface area contributed by atoms with Crippen LogP contribution < -0.4 is 14.6 Å². The van der Waals surface area contributed by atoms with Gasteiger partial charge in [0.15, 0.2) is 0 Å². The maximum atomic E-state index is 12.5. The summed E-state index contributed by atoms with van der Waals surface area (Å²) in [5.41, 5.74) is 2.73. The molecule has 2 aromatic heterocycles. The zero-order valence-corrected chi connectivity index (χ0v) is 20.6. The van der Waals surface area contributed by atoms with Crippen molar-refractivity contribution >= 4 is 15.7 Å². The topological polar surface area (TPSA) is 108 Å². The Hall–Kier alpha value is -3.92. The van der Waals surface area contributed by atoms with E-state index in [1.165, 1.54) is 10.4 Å². The first kappa shape index (κ1) is 23.8. The lowest BCUT2D eigenvalue weighted by molar-refractivity contribution is 0.317. The van der Waals surface area contributed by atoms with Crippen molar-refractivity contribution in [1.82, 2.24) is 14.7 Å². The first-order valence-electron chi connectivity index (χ1n) is 11.8. The van der Waals surface area contributed by atoms with Gasteiger partial charge in [-0.1, -0.05) is 24.2 Å². The highest BCUT2D eigenvalue weighted by Gasteiger charge is 2.28. The Morgan fingerprint density at radius 1 is 1.06 bits per heavy atom. The van der Waals surface area contributed by atoms with Crippen molar-refractivity contribution in [2.24, 2.45) is 0 Å². The first-order chi connectivity index (χ1) is 17.4. The van der Waals surface area contributed by atoms with Crippen LogP contribution >= 0.6 is 0 Å². The van der Waals surface area contributed by atoms with Gasteiger partial charge in [-0.25, -0.2) is 8.42 Å². The lowest BCUT2D eigenvalue weighted by atomic mass is 10.2. The Morgan fingerprint density at radius 2 is 1.86 bits per heavy atom. The van der Waals surface area contributed by atoms with Crippen molar-refractivity contribution in [3.8, 4) is 28.6 Å². The number of hydrogen-bond donors (Lipinski definition) is 0. The van der Waals surface area contributed by atoms with Crippen LogP contribution in [0.2, 0.25) is 0 Å². The van der Waals surface area contributed by atoms with Crippen LogP contribution in [0, 0.1) is 0 Å². The van der Waals surface area contributed by atoms with E-state index in [-0.39, 0.29) is 11.3 Å². The minimum absolute atomic E-state index is 0.144. The van der Waals surface area contributed by atoms with Gasteiger partial charge in [0.1, 0.15) is 5.75 Å². The molecule has 2 aromatic carbocycles. The van der Waals surface area contributed by atoms with Gasteiger partial charge < -0.3 is 13.8 Å². The highest BCUT2D eigenvalue weighted by atomic mass is 32.2. The van der Waals surface area contributed by atoms with Crippen molar-refractivity contribution < 1.29 is 17.7 Å². The van der Waals surface area contributed by atoms with Crippen LogP contribution in [0.25, 0.3) is 22.8 Å². The van der Waals surface area contributed by atoms with Gasteiger partial charge in [0.2, 0.25) is 15.8 Å². The Balaban J connectivity index is 1.35. The quantitative estimate of drug-likeness (QED) is 0.356. The standard InChI is InChI=1S/C26H26N4O5S/c1-2-14-34-23-6-3-5-19(16-23)17-29-18-21(9-12-24(29)31)25-27-26(35-28-25)20-7-10-22(11-8-20)30-13-4-15-36(30,32)33/h3,5-12,16,18H,2,4,13-15,17H2,1H3. The molecule has 0 spiro atoms. The van der Waals surface area contributed by atoms with Gasteiger partial charge >= 0.3 is 0 Å². The number of aromatic nitrogens is 3. The van der Waals surface area contributed by atoms with Crippen LogP contribution in [0.5, 0.6) is 5.75 Å². The van der Waals surface area contributed by atoms with Gasteiger partial charge in [-0.2, -0.15) is 4.98 Å². The molecule has 3 heterocycles. The smallest absolute Gasteiger partial charge is 0.258 e. The third-order valence-corrected chi connectivity index (χ3v) is 7.76. The number of pyridine rings is 1. The van der Waals surface area contributed by atoms with Crippen LogP contribution in [0.1, 0.15) is 25.3 Å². The molecule has 0 unspecified atom stereocenters. The summed E-state index contributed by atoms with van der Waals surface area (Å²) in [6, 6.07) is 17.8. The lowest BCUT2D eigenvalue weighted by Crippen LogP contribution is -2.24. The van der Waals surface area contributed by atoms with Crippen LogP contribution in [0.15, 0.2) is 76.2 Å². The second-order valence-electron chi connectivity index (χ2n) is 8.59. The number of sulfonamides is 1. The van der Waals surface area contributed by atoms with E-state index in [4.69, 9.17) is 9.26 Å². The molecule has 0 aliphatic carbocycles. The summed E-state index contributed by atoms with van der Waals surface area (Å²) in [5.74, 6) is 1.60. The molecule has 9 nitrogen and oxygen atoms in total. The van der Waals surface area contributed by atoms with Crippen LogP contribution in [-0.2, 0) is 16.6 Å². The summed E-state index contributed by atoms with van der Waals surface area (Å²) in [4.78, 5) is 17.0. The van der Waals surface area contributed by atoms with Crippen molar-refractivity contribution in [1.29, 1.82) is 0 Å². The molecule has 0 amide bonds. The van der Waals surface area contributed by atoms with E-state index >= 15 is 0 Å². The summed E-state index contributed by atoms with van der Waals surface area (Å²) in [6.07, 6.45) is 3.25. The van der Waals surface area contributed by atoms with E-state index in [2.05, 4.69) is 17.1 Å². The molecule has 0 saturated carbocycles. The Labute approximate surface area is 209 Å². The average Bonchev–Trinajstić information content (AvgIpc) is 3.51. The molecule has 0 atom stereocenters. The number of hydrogen-bond acceptors (Lipinski definition) is 7. The number of rotatable bonds is 8. The Kier molecular flexibility index (Phi) is 6.60. The van der Waals surface area contributed by atoms with E-state index in [9.17, 15) is 13.2 Å². The molecule has 1 aliphatic heterocycles. The first-order valence-corrected chi connectivity index (χ1v) is 13.4. The molecule has 36 heavy (non-hydrogen) atoms. The fourth-order valence-electron chi connectivity index (χ4n) is 4.10. The van der Waals surface area contributed by atoms with Gasteiger partial charge in [-0.3, -0.25) is 9.10 Å². The lowest BCUT2D eigenvalue weighted by Gasteiger charge is -2.16. The number of benzene rings is 2. The minimum atomic E-state index is -3.24. The summed E-state index contributed by atoms with van der Waals surface area (Å²) in [5, 5.41) is 4.08. The number of anilines is 1. The molecular weight excluding hydrogens is 480 g/mol. The zero-order chi connectivity index (χ0) is 25.1. The third kappa shape index (κ3) is 5.03. The molecule has 0 bridgehead atoms. The minimum Gasteiger partial charge on any atom is -0.494 e. The van der Waals surface area contributed by atoms with Crippen molar-refractivity contribution in [2.75, 3.05) is 23.2 Å². The summed E-state index contributed by atoms with van der Waals surface area (Å²) >= 11 is 0. The predicted molar refractivity (Wildman–Crippen MR) is 137 cm³/mol. The predicted octanol–water partition coefficient (Wildman–Crippen LogP) is 3.94. The molecule has 4 aromatic rings. The summed E-state index contributed by atoms with van der Waals surface area (Å²) in [7, 11) is -3.24. The highest BCUT2D eigenvalue weighted by Crippen LogP contribution is 2.28. The molecule has 0 N–H and O–H groups in total. The van der Waals surface area contributed by atoms with Crippen LogP contribution in [0.4, 0.5) is 5.69 Å². The second kappa shape index (κ2) is 9.98. The zero-order valence-electron chi connectivity index (χ0n) is 19.8. The van der Waals surface area contributed by atoms with Gasteiger partial charge in [0, 0.05) is 29.9 Å². The van der Waals surface area contributed by atoms with E-state index in [0.29, 0.717) is 54.6 Å².